The quantitative estimate of drug-likeness (QED) is 0.806. The van der Waals surface area contributed by atoms with E-state index in [0.29, 0.717) is 0 Å². The van der Waals surface area contributed by atoms with Crippen molar-refractivity contribution >= 4 is 5.95 Å². The van der Waals surface area contributed by atoms with Gasteiger partial charge < -0.3 is 10.6 Å². The van der Waals surface area contributed by atoms with Gasteiger partial charge in [0.15, 0.2) is 0 Å². The van der Waals surface area contributed by atoms with Gasteiger partial charge in [-0.1, -0.05) is 13.8 Å². The SMILES string of the molecule is CCc1nnc(N2CCC(N)C2)nc1CC. The predicted octanol–water partition coefficient (Wildman–Crippen LogP) is 0.534. The third-order valence-electron chi connectivity index (χ3n) is 3.01. The fourth-order valence-electron chi connectivity index (χ4n) is 2.03. The second-order valence-electron chi connectivity index (χ2n) is 4.21. The van der Waals surface area contributed by atoms with Gasteiger partial charge in [-0.3, -0.25) is 0 Å². The fraction of sp³-hybridized carbons (Fsp3) is 0.727. The highest BCUT2D eigenvalue weighted by molar-refractivity contribution is 5.32. The number of nitrogens with zero attached hydrogens (tertiary/aromatic N) is 4. The molecule has 0 aliphatic carbocycles. The van der Waals surface area contributed by atoms with Crippen molar-refractivity contribution in [3.63, 3.8) is 0 Å². The molecule has 1 aliphatic heterocycles. The van der Waals surface area contributed by atoms with Crippen LogP contribution in [0.25, 0.3) is 0 Å². The van der Waals surface area contributed by atoms with Gasteiger partial charge in [0, 0.05) is 19.1 Å². The third kappa shape index (κ3) is 2.14. The zero-order valence-corrected chi connectivity index (χ0v) is 9.98. The minimum Gasteiger partial charge on any atom is -0.338 e. The summed E-state index contributed by atoms with van der Waals surface area (Å²) in [6.45, 7) is 5.97. The van der Waals surface area contributed by atoms with E-state index in [-0.39, 0.29) is 6.04 Å². The van der Waals surface area contributed by atoms with Gasteiger partial charge in [0.1, 0.15) is 0 Å². The van der Waals surface area contributed by atoms with Gasteiger partial charge in [-0.15, -0.1) is 5.10 Å². The first-order valence-corrected chi connectivity index (χ1v) is 5.97. The normalized spacial score (nSPS) is 20.4. The van der Waals surface area contributed by atoms with Crippen LogP contribution in [0.15, 0.2) is 0 Å². The summed E-state index contributed by atoms with van der Waals surface area (Å²) in [6, 6.07) is 0.250. The highest BCUT2D eigenvalue weighted by Crippen LogP contribution is 2.15. The summed E-state index contributed by atoms with van der Waals surface area (Å²) in [5, 5.41) is 8.43. The minimum atomic E-state index is 0.250. The summed E-state index contributed by atoms with van der Waals surface area (Å²) in [5.74, 6) is 0.738. The van der Waals surface area contributed by atoms with E-state index in [2.05, 4.69) is 33.9 Å². The lowest BCUT2D eigenvalue weighted by Crippen LogP contribution is -2.28. The first-order valence-electron chi connectivity index (χ1n) is 5.97. The first kappa shape index (κ1) is 11.3. The van der Waals surface area contributed by atoms with Crippen LogP contribution in [0.1, 0.15) is 31.7 Å². The van der Waals surface area contributed by atoms with E-state index in [0.717, 1.165) is 49.7 Å². The Morgan fingerprint density at radius 1 is 1.25 bits per heavy atom. The Bertz CT molecular complexity index is 365. The average Bonchev–Trinajstić information content (AvgIpc) is 2.75. The Morgan fingerprint density at radius 2 is 2.00 bits per heavy atom. The number of aromatic nitrogens is 3. The van der Waals surface area contributed by atoms with Crippen molar-refractivity contribution in [2.75, 3.05) is 18.0 Å². The van der Waals surface area contributed by atoms with Gasteiger partial charge in [-0.25, -0.2) is 4.98 Å². The van der Waals surface area contributed by atoms with Crippen LogP contribution < -0.4 is 10.6 Å². The summed E-state index contributed by atoms with van der Waals surface area (Å²) >= 11 is 0. The number of hydrogen-bond acceptors (Lipinski definition) is 5. The Kier molecular flexibility index (Phi) is 3.33. The van der Waals surface area contributed by atoms with Crippen LogP contribution in [0.5, 0.6) is 0 Å². The Hall–Kier alpha value is -1.23. The van der Waals surface area contributed by atoms with Crippen LogP contribution in [0.2, 0.25) is 0 Å². The predicted molar refractivity (Wildman–Crippen MR) is 63.4 cm³/mol. The van der Waals surface area contributed by atoms with E-state index in [4.69, 9.17) is 5.73 Å². The van der Waals surface area contributed by atoms with Gasteiger partial charge in [0.05, 0.1) is 11.4 Å². The van der Waals surface area contributed by atoms with E-state index in [9.17, 15) is 0 Å². The molecule has 5 heteroatoms. The van der Waals surface area contributed by atoms with Crippen LogP contribution in [0, 0.1) is 0 Å². The van der Waals surface area contributed by atoms with Crippen LogP contribution >= 0.6 is 0 Å². The molecule has 0 aromatic carbocycles. The number of aryl methyl sites for hydroxylation is 2. The molecule has 2 rings (SSSR count). The van der Waals surface area contributed by atoms with Gasteiger partial charge in [-0.05, 0) is 19.3 Å². The first-order chi connectivity index (χ1) is 7.74. The second-order valence-corrected chi connectivity index (χ2v) is 4.21. The molecule has 1 atom stereocenters. The standard InChI is InChI=1S/C11H19N5/c1-3-9-10(4-2)14-15-11(13-9)16-6-5-8(12)7-16/h8H,3-7,12H2,1-2H3. The Labute approximate surface area is 96.1 Å². The molecule has 0 radical (unpaired) electrons. The van der Waals surface area contributed by atoms with E-state index in [1.807, 2.05) is 0 Å². The molecule has 0 saturated carbocycles. The molecule has 2 N–H and O–H groups in total. The minimum absolute atomic E-state index is 0.250. The zero-order chi connectivity index (χ0) is 11.5. The largest absolute Gasteiger partial charge is 0.338 e. The maximum atomic E-state index is 5.87. The van der Waals surface area contributed by atoms with Gasteiger partial charge >= 0.3 is 0 Å². The lowest BCUT2D eigenvalue weighted by Gasteiger charge is -2.16. The van der Waals surface area contributed by atoms with E-state index in [1.165, 1.54) is 0 Å². The Morgan fingerprint density at radius 3 is 2.56 bits per heavy atom. The van der Waals surface area contributed by atoms with Crippen molar-refractivity contribution in [3.05, 3.63) is 11.4 Å². The van der Waals surface area contributed by atoms with E-state index < -0.39 is 0 Å². The molecular formula is C11H19N5. The van der Waals surface area contributed by atoms with Crippen LogP contribution in [-0.2, 0) is 12.8 Å². The molecule has 88 valence electrons. The van der Waals surface area contributed by atoms with Crippen molar-refractivity contribution < 1.29 is 0 Å². The molecule has 1 aromatic rings. The molecule has 1 aromatic heterocycles. The van der Waals surface area contributed by atoms with Gasteiger partial charge in [0.2, 0.25) is 5.95 Å². The van der Waals surface area contributed by atoms with E-state index in [1.54, 1.807) is 0 Å². The summed E-state index contributed by atoms with van der Waals surface area (Å²) in [7, 11) is 0. The Balaban J connectivity index is 2.22. The van der Waals surface area contributed by atoms with Crippen LogP contribution in [0.4, 0.5) is 5.95 Å². The number of hydrogen-bond donors (Lipinski definition) is 1. The second kappa shape index (κ2) is 4.74. The molecule has 0 bridgehead atoms. The molecule has 0 spiro atoms. The molecule has 16 heavy (non-hydrogen) atoms. The zero-order valence-electron chi connectivity index (χ0n) is 9.98. The maximum Gasteiger partial charge on any atom is 0.245 e. The van der Waals surface area contributed by atoms with Crippen molar-refractivity contribution in [3.8, 4) is 0 Å². The molecular weight excluding hydrogens is 202 g/mol. The highest BCUT2D eigenvalue weighted by atomic mass is 15.3. The summed E-state index contributed by atoms with van der Waals surface area (Å²) < 4.78 is 0. The van der Waals surface area contributed by atoms with Crippen LogP contribution in [0.3, 0.4) is 0 Å². The van der Waals surface area contributed by atoms with Crippen molar-refractivity contribution in [2.24, 2.45) is 5.73 Å². The van der Waals surface area contributed by atoms with E-state index >= 15 is 0 Å². The fourth-order valence-corrected chi connectivity index (χ4v) is 2.03. The topological polar surface area (TPSA) is 67.9 Å². The monoisotopic (exact) mass is 221 g/mol. The van der Waals surface area contributed by atoms with Crippen molar-refractivity contribution in [2.45, 2.75) is 39.2 Å². The van der Waals surface area contributed by atoms with Crippen LogP contribution in [-0.4, -0.2) is 34.3 Å². The molecule has 2 heterocycles. The highest BCUT2D eigenvalue weighted by Gasteiger charge is 2.22. The number of nitrogens with two attached hydrogens (primary N) is 1. The molecule has 0 amide bonds. The van der Waals surface area contributed by atoms with Gasteiger partial charge in [-0.2, -0.15) is 5.10 Å². The van der Waals surface area contributed by atoms with Crippen molar-refractivity contribution in [1.29, 1.82) is 0 Å². The smallest absolute Gasteiger partial charge is 0.245 e. The van der Waals surface area contributed by atoms with Gasteiger partial charge in [0.25, 0.3) is 0 Å². The molecule has 1 saturated heterocycles. The summed E-state index contributed by atoms with van der Waals surface area (Å²) in [6.07, 6.45) is 2.81. The molecule has 1 fully saturated rings. The molecule has 5 nitrogen and oxygen atoms in total. The molecule has 1 aliphatic rings. The average molecular weight is 221 g/mol. The third-order valence-corrected chi connectivity index (χ3v) is 3.01. The van der Waals surface area contributed by atoms with Crippen molar-refractivity contribution in [1.82, 2.24) is 15.2 Å². The number of rotatable bonds is 3. The lowest BCUT2D eigenvalue weighted by atomic mass is 10.2. The maximum absolute atomic E-state index is 5.87. The summed E-state index contributed by atoms with van der Waals surface area (Å²) in [5.41, 5.74) is 7.94. The summed E-state index contributed by atoms with van der Waals surface area (Å²) in [4.78, 5) is 6.70. The molecule has 1 unspecified atom stereocenters. The lowest BCUT2D eigenvalue weighted by molar-refractivity contribution is 0.743. The number of anilines is 1.